The van der Waals surface area contributed by atoms with E-state index in [0.717, 1.165) is 0 Å². The fourth-order valence-corrected chi connectivity index (χ4v) is 4.08. The molecule has 2 amide bonds. The number of nitrogens with one attached hydrogen (secondary N) is 1. The Balaban J connectivity index is 1.30. The first kappa shape index (κ1) is 21.5. The highest BCUT2D eigenvalue weighted by Crippen LogP contribution is 2.29. The molecule has 0 saturated carbocycles. The number of hydrogen-bond donors (Lipinski definition) is 1. The van der Waals surface area contributed by atoms with Crippen LogP contribution in [-0.4, -0.2) is 39.8 Å². The van der Waals surface area contributed by atoms with Crippen LogP contribution in [0.5, 0.6) is 11.5 Å². The van der Waals surface area contributed by atoms with Crippen LogP contribution in [0.15, 0.2) is 83.7 Å². The van der Waals surface area contributed by atoms with Crippen molar-refractivity contribution in [2.75, 3.05) is 11.9 Å². The van der Waals surface area contributed by atoms with Crippen molar-refractivity contribution in [1.82, 2.24) is 14.9 Å². The summed E-state index contributed by atoms with van der Waals surface area (Å²) in [6, 6.07) is 22.6. The Morgan fingerprint density at radius 3 is 2.38 bits per heavy atom. The van der Waals surface area contributed by atoms with E-state index in [4.69, 9.17) is 4.74 Å². The molecular formula is C26H22N4O4. The van der Waals surface area contributed by atoms with Crippen LogP contribution in [0.4, 0.5) is 5.69 Å². The Morgan fingerprint density at radius 1 is 0.941 bits per heavy atom. The number of aromatic amines is 1. The number of likely N-dealkylation sites (N-methyl/N-ethyl adjacent to an activating group) is 1. The molecule has 170 valence electrons. The normalized spacial score (nSPS) is 15.9. The van der Waals surface area contributed by atoms with Gasteiger partial charge < -0.3 is 9.72 Å². The van der Waals surface area contributed by atoms with Gasteiger partial charge in [0.15, 0.2) is 0 Å². The Kier molecular flexibility index (Phi) is 5.65. The second-order valence-corrected chi connectivity index (χ2v) is 8.14. The number of aromatic nitrogens is 2. The zero-order valence-electron chi connectivity index (χ0n) is 18.5. The predicted octanol–water partition coefficient (Wildman–Crippen LogP) is 3.48. The third kappa shape index (κ3) is 4.18. The van der Waals surface area contributed by atoms with E-state index in [1.165, 1.54) is 4.90 Å². The lowest BCUT2D eigenvalue weighted by Gasteiger charge is -2.22. The fraction of sp³-hybridized carbons (Fsp3) is 0.154. The van der Waals surface area contributed by atoms with Crippen LogP contribution in [0, 0.1) is 0 Å². The number of benzene rings is 3. The summed E-state index contributed by atoms with van der Waals surface area (Å²) in [7, 11) is 1.74. The largest absolute Gasteiger partial charge is 0.457 e. The van der Waals surface area contributed by atoms with Crippen molar-refractivity contribution in [3.8, 4) is 11.5 Å². The summed E-state index contributed by atoms with van der Waals surface area (Å²) in [4.78, 5) is 48.4. The summed E-state index contributed by atoms with van der Waals surface area (Å²) in [6.07, 6.45) is 0.0510. The van der Waals surface area contributed by atoms with Crippen LogP contribution >= 0.6 is 0 Å². The third-order valence-electron chi connectivity index (χ3n) is 5.79. The molecule has 8 nitrogen and oxygen atoms in total. The molecule has 4 aromatic rings. The van der Waals surface area contributed by atoms with Gasteiger partial charge in [-0.25, -0.2) is 9.88 Å². The molecule has 34 heavy (non-hydrogen) atoms. The first-order chi connectivity index (χ1) is 16.5. The topological polar surface area (TPSA) is 95.6 Å². The van der Waals surface area contributed by atoms with Crippen LogP contribution in [0.25, 0.3) is 10.9 Å². The average molecular weight is 454 g/mol. The molecule has 0 aliphatic carbocycles. The number of nitrogens with zero attached hydrogens (tertiary/aromatic N) is 3. The zero-order chi connectivity index (χ0) is 23.7. The molecule has 0 bridgehead atoms. The lowest BCUT2D eigenvalue weighted by Crippen LogP contribution is -2.40. The highest BCUT2D eigenvalue weighted by molar-refractivity contribution is 6.22. The van der Waals surface area contributed by atoms with Crippen molar-refractivity contribution in [3.63, 3.8) is 0 Å². The maximum atomic E-state index is 13.1. The van der Waals surface area contributed by atoms with E-state index in [0.29, 0.717) is 33.9 Å². The van der Waals surface area contributed by atoms with Gasteiger partial charge >= 0.3 is 0 Å². The molecule has 1 aromatic heterocycles. The van der Waals surface area contributed by atoms with Crippen LogP contribution < -0.4 is 15.2 Å². The van der Waals surface area contributed by atoms with Crippen molar-refractivity contribution in [2.45, 2.75) is 19.0 Å². The maximum absolute atomic E-state index is 13.1. The third-order valence-corrected chi connectivity index (χ3v) is 5.79. The predicted molar refractivity (Wildman–Crippen MR) is 128 cm³/mol. The minimum Gasteiger partial charge on any atom is -0.457 e. The molecule has 5 rings (SSSR count). The molecule has 0 unspecified atom stereocenters. The van der Waals surface area contributed by atoms with Crippen molar-refractivity contribution in [3.05, 3.63) is 95.0 Å². The number of amides is 2. The van der Waals surface area contributed by atoms with Gasteiger partial charge in [-0.3, -0.25) is 19.3 Å². The summed E-state index contributed by atoms with van der Waals surface area (Å²) in [6.45, 7) is 0.224. The molecule has 1 aliphatic heterocycles. The fourth-order valence-electron chi connectivity index (χ4n) is 4.08. The van der Waals surface area contributed by atoms with Gasteiger partial charge in [0.25, 0.3) is 11.5 Å². The number of carbonyl (C=O) groups is 2. The standard InChI is InChI=1S/C26H22N4O4/c1-29(16-23-27-21-10-6-5-9-20(21)25(32)28-23)22-15-24(31)30(26(22)33)17-11-13-19(14-12-17)34-18-7-3-2-4-8-18/h2-14,22H,15-16H2,1H3,(H,27,28,32)/t22-/m1/s1. The first-order valence-electron chi connectivity index (χ1n) is 10.9. The van der Waals surface area contributed by atoms with E-state index in [1.54, 1.807) is 54.4 Å². The van der Waals surface area contributed by atoms with Crippen molar-refractivity contribution >= 4 is 28.4 Å². The number of H-pyrrole nitrogens is 1. The molecule has 0 radical (unpaired) electrons. The summed E-state index contributed by atoms with van der Waals surface area (Å²) < 4.78 is 5.78. The van der Waals surface area contributed by atoms with Crippen molar-refractivity contribution in [1.29, 1.82) is 0 Å². The summed E-state index contributed by atoms with van der Waals surface area (Å²) in [5.74, 6) is 1.15. The van der Waals surface area contributed by atoms with Crippen molar-refractivity contribution in [2.24, 2.45) is 0 Å². The monoisotopic (exact) mass is 454 g/mol. The molecule has 2 heterocycles. The van der Waals surface area contributed by atoms with Crippen LogP contribution in [0.1, 0.15) is 12.2 Å². The highest BCUT2D eigenvalue weighted by Gasteiger charge is 2.41. The minimum absolute atomic E-state index is 0.0510. The molecule has 1 saturated heterocycles. The van der Waals surface area contributed by atoms with Crippen molar-refractivity contribution < 1.29 is 14.3 Å². The SMILES string of the molecule is CN(Cc1nc2ccccc2c(=O)[nH]1)[C@@H]1CC(=O)N(c2ccc(Oc3ccccc3)cc2)C1=O. The van der Waals surface area contributed by atoms with Gasteiger partial charge in [0.1, 0.15) is 17.3 Å². The number of rotatable bonds is 6. The Hall–Kier alpha value is -4.30. The zero-order valence-corrected chi connectivity index (χ0v) is 18.5. The second-order valence-electron chi connectivity index (χ2n) is 8.14. The number of fused-ring (bicyclic) bond motifs is 1. The number of ether oxygens (including phenoxy) is 1. The van der Waals surface area contributed by atoms with E-state index < -0.39 is 6.04 Å². The van der Waals surface area contributed by atoms with Gasteiger partial charge in [-0.05, 0) is 55.6 Å². The van der Waals surface area contributed by atoms with E-state index in [2.05, 4.69) is 9.97 Å². The van der Waals surface area contributed by atoms with Gasteiger partial charge in [-0.2, -0.15) is 0 Å². The molecule has 8 heteroatoms. The van der Waals surface area contributed by atoms with Gasteiger partial charge in [-0.15, -0.1) is 0 Å². The number of hydrogen-bond acceptors (Lipinski definition) is 6. The highest BCUT2D eigenvalue weighted by atomic mass is 16.5. The molecule has 1 N–H and O–H groups in total. The number of anilines is 1. The molecule has 3 aromatic carbocycles. The molecule has 1 aliphatic rings. The Bertz CT molecular complexity index is 1420. The van der Waals surface area contributed by atoms with Crippen LogP contribution in [0.2, 0.25) is 0 Å². The molecule has 1 fully saturated rings. The number of carbonyl (C=O) groups excluding carboxylic acids is 2. The first-order valence-corrected chi connectivity index (χ1v) is 10.9. The Labute approximate surface area is 195 Å². The second kappa shape index (κ2) is 8.92. The van der Waals surface area contributed by atoms with Crippen LogP contribution in [0.3, 0.4) is 0 Å². The molecule has 0 spiro atoms. The van der Waals surface area contributed by atoms with Crippen LogP contribution in [-0.2, 0) is 16.1 Å². The smallest absolute Gasteiger partial charge is 0.258 e. The molecule has 1 atom stereocenters. The van der Waals surface area contributed by atoms with Gasteiger partial charge in [0.05, 0.1) is 35.6 Å². The van der Waals surface area contributed by atoms with Gasteiger partial charge in [0, 0.05) is 0 Å². The lowest BCUT2D eigenvalue weighted by atomic mass is 10.2. The van der Waals surface area contributed by atoms with Gasteiger partial charge in [-0.1, -0.05) is 30.3 Å². The number of para-hydroxylation sites is 2. The number of imide groups is 1. The van der Waals surface area contributed by atoms with E-state index in [1.807, 2.05) is 36.4 Å². The lowest BCUT2D eigenvalue weighted by molar-refractivity contribution is -0.122. The summed E-state index contributed by atoms with van der Waals surface area (Å²) >= 11 is 0. The quantitative estimate of drug-likeness (QED) is 0.448. The Morgan fingerprint density at radius 2 is 1.62 bits per heavy atom. The van der Waals surface area contributed by atoms with Gasteiger partial charge in [0.2, 0.25) is 5.91 Å². The maximum Gasteiger partial charge on any atom is 0.258 e. The summed E-state index contributed by atoms with van der Waals surface area (Å²) in [5.41, 5.74) is 0.841. The van der Waals surface area contributed by atoms with E-state index in [-0.39, 0.29) is 30.3 Å². The van der Waals surface area contributed by atoms with E-state index >= 15 is 0 Å². The minimum atomic E-state index is -0.649. The summed E-state index contributed by atoms with van der Waals surface area (Å²) in [5, 5.41) is 0.506. The molecular weight excluding hydrogens is 432 g/mol. The van der Waals surface area contributed by atoms with E-state index in [9.17, 15) is 14.4 Å². The average Bonchev–Trinajstić information content (AvgIpc) is 3.14.